The molecule has 0 saturated heterocycles. The number of nitrogens with one attached hydrogen (secondary N) is 1. The van der Waals surface area contributed by atoms with E-state index >= 15 is 0 Å². The van der Waals surface area contributed by atoms with Crippen LogP contribution in [-0.4, -0.2) is 65.1 Å². The fourth-order valence-electron chi connectivity index (χ4n) is 5.31. The SMILES string of the molecule is CCC(C)NC(=O)C(Cc1ccccc1)N(Cc1cccc(OC)c1)C(=O)CN(c1ccc(C)cc1)S(=O)(=O)c1ccc(OC)c(OC)c1. The van der Waals surface area contributed by atoms with Crippen LogP contribution in [0.15, 0.2) is 102 Å². The molecule has 2 amide bonds. The Bertz CT molecular complexity index is 1820. The molecule has 2 atom stereocenters. The molecular weight excluding hydrogens is 642 g/mol. The Morgan fingerprint density at radius 1 is 0.796 bits per heavy atom. The van der Waals surface area contributed by atoms with Crippen molar-refractivity contribution < 1.29 is 32.2 Å². The Labute approximate surface area is 289 Å². The van der Waals surface area contributed by atoms with Gasteiger partial charge in [-0.2, -0.15) is 0 Å². The van der Waals surface area contributed by atoms with E-state index in [0.717, 1.165) is 15.4 Å². The molecule has 10 nitrogen and oxygen atoms in total. The summed E-state index contributed by atoms with van der Waals surface area (Å²) < 4.78 is 46.1. The minimum atomic E-state index is -4.33. The van der Waals surface area contributed by atoms with E-state index in [-0.39, 0.29) is 35.6 Å². The maximum Gasteiger partial charge on any atom is 0.264 e. The van der Waals surface area contributed by atoms with Gasteiger partial charge < -0.3 is 24.4 Å². The first-order valence-corrected chi connectivity index (χ1v) is 17.5. The third-order valence-electron chi connectivity index (χ3n) is 8.30. The minimum absolute atomic E-state index is 0.0274. The predicted octanol–water partition coefficient (Wildman–Crippen LogP) is 5.77. The minimum Gasteiger partial charge on any atom is -0.497 e. The summed E-state index contributed by atoms with van der Waals surface area (Å²) in [5, 5.41) is 3.05. The Hall–Kier alpha value is -5.03. The van der Waals surface area contributed by atoms with Crippen molar-refractivity contribution in [3.8, 4) is 17.2 Å². The zero-order valence-corrected chi connectivity index (χ0v) is 29.7. The van der Waals surface area contributed by atoms with Crippen molar-refractivity contribution in [3.63, 3.8) is 0 Å². The molecule has 260 valence electrons. The summed E-state index contributed by atoms with van der Waals surface area (Å²) in [6.45, 7) is 5.21. The van der Waals surface area contributed by atoms with Gasteiger partial charge in [0.15, 0.2) is 11.5 Å². The zero-order valence-electron chi connectivity index (χ0n) is 28.9. The second kappa shape index (κ2) is 16.9. The highest BCUT2D eigenvalue weighted by Crippen LogP contribution is 2.32. The third kappa shape index (κ3) is 9.32. The van der Waals surface area contributed by atoms with E-state index in [1.807, 2.05) is 63.2 Å². The molecule has 0 spiro atoms. The molecule has 4 rings (SSSR count). The average Bonchev–Trinajstić information content (AvgIpc) is 3.12. The lowest BCUT2D eigenvalue weighted by atomic mass is 10.0. The van der Waals surface area contributed by atoms with Gasteiger partial charge in [-0.25, -0.2) is 8.42 Å². The fraction of sp³-hybridized carbons (Fsp3) is 0.316. The normalized spacial score (nSPS) is 12.4. The Kier molecular flexibility index (Phi) is 12.7. The monoisotopic (exact) mass is 687 g/mol. The van der Waals surface area contributed by atoms with Gasteiger partial charge in [0.2, 0.25) is 11.8 Å². The summed E-state index contributed by atoms with van der Waals surface area (Å²) >= 11 is 0. The smallest absolute Gasteiger partial charge is 0.264 e. The summed E-state index contributed by atoms with van der Waals surface area (Å²) in [6.07, 6.45) is 0.907. The van der Waals surface area contributed by atoms with Gasteiger partial charge in [-0.1, -0.05) is 67.1 Å². The molecule has 4 aromatic rings. The lowest BCUT2D eigenvalue weighted by Gasteiger charge is -2.34. The summed E-state index contributed by atoms with van der Waals surface area (Å²) in [5.41, 5.74) is 2.77. The number of carbonyl (C=O) groups excluding carboxylic acids is 2. The molecule has 1 N–H and O–H groups in total. The molecule has 49 heavy (non-hydrogen) atoms. The highest BCUT2D eigenvalue weighted by molar-refractivity contribution is 7.92. The molecule has 0 aliphatic rings. The van der Waals surface area contributed by atoms with Crippen LogP contribution in [-0.2, 0) is 32.6 Å². The third-order valence-corrected chi connectivity index (χ3v) is 10.1. The summed E-state index contributed by atoms with van der Waals surface area (Å²) in [4.78, 5) is 30.1. The van der Waals surface area contributed by atoms with Gasteiger partial charge in [0.25, 0.3) is 10.0 Å². The van der Waals surface area contributed by atoms with Crippen molar-refractivity contribution >= 4 is 27.5 Å². The molecule has 4 aromatic carbocycles. The number of hydrogen-bond donors (Lipinski definition) is 1. The Balaban J connectivity index is 1.84. The largest absolute Gasteiger partial charge is 0.497 e. The van der Waals surface area contributed by atoms with E-state index in [4.69, 9.17) is 14.2 Å². The number of nitrogens with zero attached hydrogens (tertiary/aromatic N) is 2. The number of carbonyl (C=O) groups is 2. The van der Waals surface area contributed by atoms with E-state index < -0.39 is 28.5 Å². The highest BCUT2D eigenvalue weighted by atomic mass is 32.2. The van der Waals surface area contributed by atoms with Crippen molar-refractivity contribution in [3.05, 3.63) is 114 Å². The number of methoxy groups -OCH3 is 3. The van der Waals surface area contributed by atoms with Crippen LogP contribution >= 0.6 is 0 Å². The lowest BCUT2D eigenvalue weighted by Crippen LogP contribution is -2.54. The van der Waals surface area contributed by atoms with Crippen LogP contribution < -0.4 is 23.8 Å². The number of amides is 2. The molecule has 11 heteroatoms. The highest BCUT2D eigenvalue weighted by Gasteiger charge is 2.35. The van der Waals surface area contributed by atoms with E-state index in [0.29, 0.717) is 29.2 Å². The van der Waals surface area contributed by atoms with Crippen LogP contribution in [0, 0.1) is 6.92 Å². The summed E-state index contributed by atoms with van der Waals surface area (Å²) in [6, 6.07) is 26.7. The van der Waals surface area contributed by atoms with Crippen LogP contribution in [0.3, 0.4) is 0 Å². The van der Waals surface area contributed by atoms with Crippen molar-refractivity contribution in [1.82, 2.24) is 10.2 Å². The number of hydrogen-bond acceptors (Lipinski definition) is 7. The molecular formula is C38H45N3O7S. The topological polar surface area (TPSA) is 114 Å². The molecule has 0 saturated carbocycles. The first-order valence-electron chi connectivity index (χ1n) is 16.1. The number of rotatable bonds is 16. The van der Waals surface area contributed by atoms with Crippen molar-refractivity contribution in [2.24, 2.45) is 0 Å². The van der Waals surface area contributed by atoms with Crippen LogP contribution in [0.1, 0.15) is 37.0 Å². The Morgan fingerprint density at radius 3 is 2.10 bits per heavy atom. The maximum atomic E-state index is 14.7. The van der Waals surface area contributed by atoms with Crippen molar-refractivity contribution in [1.29, 1.82) is 0 Å². The number of anilines is 1. The second-order valence-corrected chi connectivity index (χ2v) is 13.6. The van der Waals surface area contributed by atoms with Crippen molar-refractivity contribution in [2.75, 3.05) is 32.2 Å². The molecule has 0 bridgehead atoms. The number of aryl methyl sites for hydroxylation is 1. The standard InChI is InChI=1S/C38H45N3O7S/c1-7-28(3)39-38(43)34(23-29-12-9-8-10-13-29)40(25-30-14-11-15-32(22-30)46-4)37(42)26-41(31-18-16-27(2)17-19-31)49(44,45)33-20-21-35(47-5)36(24-33)48-6/h8-22,24,28,34H,7,23,25-26H2,1-6H3,(H,39,43). The van der Waals surface area contributed by atoms with Gasteiger partial charge in [0, 0.05) is 25.1 Å². The second-order valence-electron chi connectivity index (χ2n) is 11.8. The number of benzene rings is 4. The molecule has 0 radical (unpaired) electrons. The maximum absolute atomic E-state index is 14.7. The first-order chi connectivity index (χ1) is 23.5. The molecule has 0 aliphatic heterocycles. The molecule has 0 aromatic heterocycles. The fourth-order valence-corrected chi connectivity index (χ4v) is 6.74. The average molecular weight is 688 g/mol. The van der Waals surface area contributed by atoms with E-state index in [9.17, 15) is 18.0 Å². The van der Waals surface area contributed by atoms with E-state index in [1.165, 1.54) is 37.3 Å². The van der Waals surface area contributed by atoms with E-state index in [1.54, 1.807) is 43.5 Å². The predicted molar refractivity (Wildman–Crippen MR) is 191 cm³/mol. The number of sulfonamides is 1. The molecule has 0 heterocycles. The zero-order chi connectivity index (χ0) is 35.6. The molecule has 0 fully saturated rings. The quantitative estimate of drug-likeness (QED) is 0.159. The molecule has 0 aliphatic carbocycles. The first kappa shape index (κ1) is 36.8. The molecule has 2 unspecified atom stereocenters. The van der Waals surface area contributed by atoms with Gasteiger partial charge in [0.05, 0.1) is 31.9 Å². The van der Waals surface area contributed by atoms with Gasteiger partial charge >= 0.3 is 0 Å². The van der Waals surface area contributed by atoms with E-state index in [2.05, 4.69) is 5.32 Å². The summed E-state index contributed by atoms with van der Waals surface area (Å²) in [7, 11) is 0.101. The van der Waals surface area contributed by atoms with Crippen LogP contribution in [0.4, 0.5) is 5.69 Å². The Morgan fingerprint density at radius 2 is 1.47 bits per heavy atom. The van der Waals surface area contributed by atoms with Crippen LogP contribution in [0.5, 0.6) is 17.2 Å². The lowest BCUT2D eigenvalue weighted by molar-refractivity contribution is -0.140. The van der Waals surface area contributed by atoms with Gasteiger partial charge in [-0.15, -0.1) is 0 Å². The number of ether oxygens (including phenoxy) is 3. The summed E-state index contributed by atoms with van der Waals surface area (Å²) in [5.74, 6) is 0.278. The van der Waals surface area contributed by atoms with Gasteiger partial charge in [0.1, 0.15) is 18.3 Å². The van der Waals surface area contributed by atoms with Gasteiger partial charge in [-0.3, -0.25) is 13.9 Å². The van der Waals surface area contributed by atoms with Gasteiger partial charge in [-0.05, 0) is 67.8 Å². The van der Waals surface area contributed by atoms with Crippen LogP contribution in [0.2, 0.25) is 0 Å². The van der Waals surface area contributed by atoms with Crippen molar-refractivity contribution in [2.45, 2.75) is 57.1 Å². The van der Waals surface area contributed by atoms with Crippen LogP contribution in [0.25, 0.3) is 0 Å².